The zero-order valence-corrected chi connectivity index (χ0v) is 17.4. The van der Waals surface area contributed by atoms with Gasteiger partial charge in [-0.05, 0) is 50.2 Å². The zero-order chi connectivity index (χ0) is 22.9. The van der Waals surface area contributed by atoms with Crippen LogP contribution in [-0.2, 0) is 4.79 Å². The standard InChI is InChI=1S/C20H23N5.C2HF3O2/c1-25-16-4-5-17(25)10-15(9-16)24-20-12-22-19(11-23-20)14-3-2-13-6-7-21-18(13)8-14;3-2(4,5)1(6)7/h2-3,6-8,11-12,15-17,21H,4-5,9-10H2,1H3,(H,23,24);(H,6,7)/t15-,16+,17-;. The number of carboxylic acid groups (broad SMARTS) is 1. The molecule has 0 amide bonds. The SMILES string of the molecule is CN1[C@@H]2CC[C@H]1C[C@@H](Nc1cnc(-c3ccc4cc[nH]c4c3)cn1)C2.O=C(O)C(F)(F)F. The number of aromatic amines is 1. The monoisotopic (exact) mass is 447 g/mol. The largest absolute Gasteiger partial charge is 0.490 e. The van der Waals surface area contributed by atoms with Crippen molar-refractivity contribution < 1.29 is 23.1 Å². The Balaban J connectivity index is 0.000000307. The quantitative estimate of drug-likeness (QED) is 0.555. The third-order valence-electron chi connectivity index (χ3n) is 6.20. The Bertz CT molecular complexity index is 1070. The van der Waals surface area contributed by atoms with E-state index in [1.54, 1.807) is 0 Å². The van der Waals surface area contributed by atoms with Gasteiger partial charge in [-0.25, -0.2) is 9.78 Å². The van der Waals surface area contributed by atoms with E-state index >= 15 is 0 Å². The van der Waals surface area contributed by atoms with Crippen molar-refractivity contribution in [3.8, 4) is 11.3 Å². The fourth-order valence-electron chi connectivity index (χ4n) is 4.50. The predicted octanol–water partition coefficient (Wildman–Crippen LogP) is 4.30. The number of nitrogens with one attached hydrogen (secondary N) is 2. The van der Waals surface area contributed by atoms with Crippen LogP contribution in [0.4, 0.5) is 19.0 Å². The number of aromatic nitrogens is 3. The van der Waals surface area contributed by atoms with Crippen LogP contribution in [0.1, 0.15) is 25.7 Å². The second-order valence-electron chi connectivity index (χ2n) is 8.23. The van der Waals surface area contributed by atoms with E-state index in [0.29, 0.717) is 6.04 Å². The minimum atomic E-state index is -5.08. The van der Waals surface area contributed by atoms with Gasteiger partial charge in [0.05, 0.1) is 18.1 Å². The first kappa shape index (κ1) is 22.1. The third kappa shape index (κ3) is 4.85. The Morgan fingerprint density at radius 3 is 2.44 bits per heavy atom. The number of alkyl halides is 3. The number of anilines is 1. The highest BCUT2D eigenvalue weighted by Gasteiger charge is 2.39. The molecule has 4 heterocycles. The fourth-order valence-corrected chi connectivity index (χ4v) is 4.50. The molecule has 2 aromatic heterocycles. The van der Waals surface area contributed by atoms with Gasteiger partial charge in [-0.15, -0.1) is 0 Å². The Labute approximate surface area is 182 Å². The number of hydrogen-bond acceptors (Lipinski definition) is 5. The van der Waals surface area contributed by atoms with E-state index in [-0.39, 0.29) is 0 Å². The number of aliphatic carboxylic acids is 1. The summed E-state index contributed by atoms with van der Waals surface area (Å²) in [7, 11) is 2.27. The van der Waals surface area contributed by atoms with Gasteiger partial charge in [0, 0.05) is 35.4 Å². The molecule has 0 saturated carbocycles. The van der Waals surface area contributed by atoms with Crippen molar-refractivity contribution in [3.05, 3.63) is 42.9 Å². The lowest BCUT2D eigenvalue weighted by Crippen LogP contribution is -2.44. The molecular weight excluding hydrogens is 423 g/mol. The molecule has 10 heteroatoms. The van der Waals surface area contributed by atoms with Crippen LogP contribution in [-0.4, -0.2) is 62.3 Å². The second-order valence-corrected chi connectivity index (χ2v) is 8.23. The highest BCUT2D eigenvalue weighted by Crippen LogP contribution is 2.35. The van der Waals surface area contributed by atoms with Crippen molar-refractivity contribution in [2.45, 2.75) is 50.0 Å². The molecule has 0 unspecified atom stereocenters. The molecule has 2 aliphatic heterocycles. The number of fused-ring (bicyclic) bond motifs is 3. The molecule has 3 N–H and O–H groups in total. The van der Waals surface area contributed by atoms with Crippen LogP contribution in [0.3, 0.4) is 0 Å². The van der Waals surface area contributed by atoms with E-state index in [9.17, 15) is 13.2 Å². The molecule has 2 fully saturated rings. The topological polar surface area (TPSA) is 94.1 Å². The van der Waals surface area contributed by atoms with E-state index < -0.39 is 12.1 Å². The van der Waals surface area contributed by atoms with Gasteiger partial charge in [-0.1, -0.05) is 12.1 Å². The number of hydrogen-bond donors (Lipinski definition) is 3. The first-order chi connectivity index (χ1) is 15.2. The minimum Gasteiger partial charge on any atom is -0.475 e. The molecule has 7 nitrogen and oxygen atoms in total. The summed E-state index contributed by atoms with van der Waals surface area (Å²) in [6.45, 7) is 0. The molecule has 2 aliphatic rings. The summed E-state index contributed by atoms with van der Waals surface area (Å²) in [6.07, 6.45) is 5.71. The fraction of sp³-hybridized carbons (Fsp3) is 0.409. The summed E-state index contributed by atoms with van der Waals surface area (Å²) >= 11 is 0. The predicted molar refractivity (Wildman–Crippen MR) is 114 cm³/mol. The van der Waals surface area contributed by atoms with Crippen molar-refractivity contribution in [3.63, 3.8) is 0 Å². The average Bonchev–Trinajstić information content (AvgIpc) is 3.28. The third-order valence-corrected chi connectivity index (χ3v) is 6.20. The number of H-pyrrole nitrogens is 1. The Morgan fingerprint density at radius 1 is 1.16 bits per heavy atom. The van der Waals surface area contributed by atoms with Gasteiger partial charge in [0.15, 0.2) is 0 Å². The van der Waals surface area contributed by atoms with E-state index in [2.05, 4.69) is 56.5 Å². The lowest BCUT2D eigenvalue weighted by molar-refractivity contribution is -0.192. The van der Waals surface area contributed by atoms with Crippen molar-refractivity contribution in [2.75, 3.05) is 12.4 Å². The molecule has 2 bridgehead atoms. The first-order valence-electron chi connectivity index (χ1n) is 10.4. The first-order valence-corrected chi connectivity index (χ1v) is 10.4. The molecule has 0 spiro atoms. The maximum absolute atomic E-state index is 10.6. The normalized spacial score (nSPS) is 22.9. The van der Waals surface area contributed by atoms with Gasteiger partial charge in [0.25, 0.3) is 0 Å². The van der Waals surface area contributed by atoms with Gasteiger partial charge in [-0.2, -0.15) is 13.2 Å². The molecule has 1 aromatic carbocycles. The van der Waals surface area contributed by atoms with Crippen LogP contribution >= 0.6 is 0 Å². The van der Waals surface area contributed by atoms with Crippen LogP contribution in [0, 0.1) is 0 Å². The van der Waals surface area contributed by atoms with Gasteiger partial charge in [-0.3, -0.25) is 4.98 Å². The van der Waals surface area contributed by atoms with Crippen molar-refractivity contribution in [2.24, 2.45) is 0 Å². The van der Waals surface area contributed by atoms with Crippen molar-refractivity contribution in [1.29, 1.82) is 0 Å². The molecule has 3 aromatic rings. The molecule has 5 rings (SSSR count). The maximum Gasteiger partial charge on any atom is 0.490 e. The number of rotatable bonds is 3. The molecule has 0 radical (unpaired) electrons. The highest BCUT2D eigenvalue weighted by molar-refractivity contribution is 5.84. The van der Waals surface area contributed by atoms with Crippen LogP contribution in [0.15, 0.2) is 42.9 Å². The lowest BCUT2D eigenvalue weighted by Gasteiger charge is -2.36. The van der Waals surface area contributed by atoms with E-state index in [4.69, 9.17) is 9.90 Å². The lowest BCUT2D eigenvalue weighted by atomic mass is 9.98. The van der Waals surface area contributed by atoms with E-state index in [1.807, 2.05) is 18.6 Å². The highest BCUT2D eigenvalue weighted by atomic mass is 19.4. The summed E-state index contributed by atoms with van der Waals surface area (Å²) in [6, 6.07) is 10.4. The number of benzene rings is 1. The molecule has 2 saturated heterocycles. The van der Waals surface area contributed by atoms with Crippen LogP contribution < -0.4 is 5.32 Å². The van der Waals surface area contributed by atoms with Gasteiger partial charge in [0.1, 0.15) is 5.82 Å². The van der Waals surface area contributed by atoms with E-state index in [0.717, 1.165) is 34.7 Å². The van der Waals surface area contributed by atoms with Crippen molar-refractivity contribution >= 4 is 22.7 Å². The summed E-state index contributed by atoms with van der Waals surface area (Å²) in [4.78, 5) is 23.9. The van der Waals surface area contributed by atoms with Gasteiger partial charge in [0.2, 0.25) is 0 Å². The zero-order valence-electron chi connectivity index (χ0n) is 17.4. The molecule has 3 atom stereocenters. The second kappa shape index (κ2) is 8.78. The number of nitrogens with zero attached hydrogens (tertiary/aromatic N) is 3. The number of halogens is 3. The van der Waals surface area contributed by atoms with Gasteiger partial charge < -0.3 is 20.3 Å². The Kier molecular flexibility index (Phi) is 6.05. The average molecular weight is 447 g/mol. The van der Waals surface area contributed by atoms with Crippen LogP contribution in [0.5, 0.6) is 0 Å². The molecule has 170 valence electrons. The molecule has 32 heavy (non-hydrogen) atoms. The van der Waals surface area contributed by atoms with Crippen LogP contribution in [0.25, 0.3) is 22.2 Å². The summed E-state index contributed by atoms with van der Waals surface area (Å²) in [5, 5.41) is 11.9. The molecule has 0 aliphatic carbocycles. The molecular formula is C22H24F3N5O2. The number of piperidine rings is 1. The smallest absolute Gasteiger partial charge is 0.475 e. The summed E-state index contributed by atoms with van der Waals surface area (Å²) < 4.78 is 31.7. The Morgan fingerprint density at radius 2 is 1.84 bits per heavy atom. The number of carbonyl (C=O) groups is 1. The van der Waals surface area contributed by atoms with Crippen LogP contribution in [0.2, 0.25) is 0 Å². The van der Waals surface area contributed by atoms with E-state index in [1.165, 1.54) is 31.1 Å². The van der Waals surface area contributed by atoms with Gasteiger partial charge >= 0.3 is 12.1 Å². The Hall–Kier alpha value is -3.14. The minimum absolute atomic E-state index is 0.518. The maximum atomic E-state index is 10.6. The summed E-state index contributed by atoms with van der Waals surface area (Å²) in [5.74, 6) is -1.87. The number of carboxylic acids is 1. The van der Waals surface area contributed by atoms with Crippen molar-refractivity contribution in [1.82, 2.24) is 19.9 Å². The summed E-state index contributed by atoms with van der Waals surface area (Å²) in [5.41, 5.74) is 3.13.